The van der Waals surface area contributed by atoms with Crippen LogP contribution in [0, 0.1) is 0 Å². The van der Waals surface area contributed by atoms with Gasteiger partial charge in [-0.1, -0.05) is 0 Å². The number of nitrogens with one attached hydrogen (secondary N) is 1. The van der Waals surface area contributed by atoms with Gasteiger partial charge in [-0.05, 0) is 38.1 Å². The van der Waals surface area contributed by atoms with E-state index in [0.29, 0.717) is 17.4 Å². The molecule has 0 aliphatic carbocycles. The molecule has 1 aromatic rings. The minimum Gasteiger partial charge on any atom is -0.376 e. The zero-order valence-corrected chi connectivity index (χ0v) is 12.7. The van der Waals surface area contributed by atoms with E-state index in [9.17, 15) is 4.79 Å². The first kappa shape index (κ1) is 14.2. The molecule has 1 N–H and O–H groups in total. The Kier molecular flexibility index (Phi) is 4.03. The molecule has 21 heavy (non-hydrogen) atoms. The number of hydrogen-bond donors (Lipinski definition) is 1. The lowest BCUT2D eigenvalue weighted by molar-refractivity contribution is -0.123. The van der Waals surface area contributed by atoms with Gasteiger partial charge in [-0.3, -0.25) is 14.4 Å². The molecule has 0 radical (unpaired) electrons. The lowest BCUT2D eigenvalue weighted by atomic mass is 10.2. The van der Waals surface area contributed by atoms with Crippen LogP contribution in [0.5, 0.6) is 0 Å². The fourth-order valence-electron chi connectivity index (χ4n) is 2.52. The molecule has 112 valence electrons. The number of amides is 1. The molecule has 3 rings (SSSR count). The van der Waals surface area contributed by atoms with Gasteiger partial charge in [0.2, 0.25) is 0 Å². The van der Waals surface area contributed by atoms with Crippen LogP contribution in [-0.2, 0) is 16.1 Å². The van der Waals surface area contributed by atoms with Gasteiger partial charge in [0.05, 0.1) is 18.8 Å². The molecule has 3 heterocycles. The van der Waals surface area contributed by atoms with E-state index in [1.807, 2.05) is 17.8 Å². The third-order valence-electron chi connectivity index (χ3n) is 3.66. The number of ether oxygens (including phenoxy) is 1. The van der Waals surface area contributed by atoms with Crippen LogP contribution in [0.2, 0.25) is 0 Å². The summed E-state index contributed by atoms with van der Waals surface area (Å²) in [7, 11) is 0. The smallest absolute Gasteiger partial charge is 0.276 e. The van der Waals surface area contributed by atoms with Gasteiger partial charge in [0.25, 0.3) is 5.91 Å². The maximum Gasteiger partial charge on any atom is 0.276 e. The second-order valence-electron chi connectivity index (χ2n) is 5.17. The molecule has 0 spiro atoms. The van der Waals surface area contributed by atoms with Gasteiger partial charge < -0.3 is 10.1 Å². The van der Waals surface area contributed by atoms with Gasteiger partial charge >= 0.3 is 0 Å². The van der Waals surface area contributed by atoms with Crippen molar-refractivity contribution < 1.29 is 9.53 Å². The molecule has 2 saturated heterocycles. The predicted octanol–water partition coefficient (Wildman–Crippen LogP) is 1.14. The number of nitrogens with zero attached hydrogens (tertiary/aromatic N) is 3. The highest BCUT2D eigenvalue weighted by Crippen LogP contribution is 2.18. The first-order valence-corrected chi connectivity index (χ1v) is 7.57. The van der Waals surface area contributed by atoms with Crippen molar-refractivity contribution in [3.63, 3.8) is 0 Å². The van der Waals surface area contributed by atoms with E-state index in [1.54, 1.807) is 17.2 Å². The summed E-state index contributed by atoms with van der Waals surface area (Å²) in [6.07, 6.45) is 7.53. The van der Waals surface area contributed by atoms with E-state index < -0.39 is 0 Å². The first-order valence-electron chi connectivity index (χ1n) is 7.16. The maximum atomic E-state index is 12.4. The van der Waals surface area contributed by atoms with Crippen molar-refractivity contribution >= 4 is 29.3 Å². The zero-order chi connectivity index (χ0) is 14.8. The van der Waals surface area contributed by atoms with Gasteiger partial charge in [-0.25, -0.2) is 0 Å². The van der Waals surface area contributed by atoms with E-state index in [1.165, 1.54) is 0 Å². The Hall–Kier alpha value is -1.73. The van der Waals surface area contributed by atoms with Crippen LogP contribution in [0.3, 0.4) is 0 Å². The lowest BCUT2D eigenvalue weighted by Crippen LogP contribution is -2.37. The van der Waals surface area contributed by atoms with Gasteiger partial charge in [0, 0.05) is 24.9 Å². The average molecular weight is 306 g/mol. The third-order valence-corrected chi connectivity index (χ3v) is 3.98. The van der Waals surface area contributed by atoms with Crippen molar-refractivity contribution in [2.75, 3.05) is 13.2 Å². The molecule has 0 aromatic carbocycles. The summed E-state index contributed by atoms with van der Waals surface area (Å²) in [5, 5.41) is 7.62. The van der Waals surface area contributed by atoms with Crippen LogP contribution in [0.1, 0.15) is 25.3 Å². The molecule has 1 atom stereocenters. The Bertz CT molecular complexity index is 590. The van der Waals surface area contributed by atoms with Crippen LogP contribution in [0.15, 0.2) is 18.1 Å². The van der Waals surface area contributed by atoms with Crippen LogP contribution < -0.4 is 5.32 Å². The molecule has 6 nitrogen and oxygen atoms in total. The highest BCUT2D eigenvalue weighted by Gasteiger charge is 2.33. The normalized spacial score (nSPS) is 24.1. The van der Waals surface area contributed by atoms with Crippen LogP contribution in [-0.4, -0.2) is 45.0 Å². The molecular formula is C14H18N4O2S. The third kappa shape index (κ3) is 2.98. The standard InChI is InChI=1S/C14H18N4O2S/c1-2-17-8-10(7-15-17)6-12-13(19)18(14(21)16-12)9-11-4-3-5-20-11/h6-8,11H,2-5,9H2,1H3,(H,16,21)/b12-6+. The molecule has 2 fully saturated rings. The lowest BCUT2D eigenvalue weighted by Gasteiger charge is -2.18. The molecule has 0 saturated carbocycles. The number of carbonyl (C=O) groups excluding carboxylic acids is 1. The summed E-state index contributed by atoms with van der Waals surface area (Å²) < 4.78 is 7.38. The monoisotopic (exact) mass is 306 g/mol. The Labute approximate surface area is 128 Å². The van der Waals surface area contributed by atoms with Crippen molar-refractivity contribution in [2.45, 2.75) is 32.4 Å². The van der Waals surface area contributed by atoms with Gasteiger partial charge in [0.15, 0.2) is 5.11 Å². The maximum absolute atomic E-state index is 12.4. The summed E-state index contributed by atoms with van der Waals surface area (Å²) in [4.78, 5) is 14.0. The Morgan fingerprint density at radius 3 is 3.14 bits per heavy atom. The minimum atomic E-state index is -0.0975. The fourth-order valence-corrected chi connectivity index (χ4v) is 2.79. The number of carbonyl (C=O) groups is 1. The van der Waals surface area contributed by atoms with Gasteiger partial charge in [0.1, 0.15) is 5.70 Å². The van der Waals surface area contributed by atoms with Crippen LogP contribution in [0.25, 0.3) is 6.08 Å². The van der Waals surface area contributed by atoms with E-state index in [-0.39, 0.29) is 12.0 Å². The molecule has 1 amide bonds. The number of aryl methyl sites for hydroxylation is 1. The van der Waals surface area contributed by atoms with E-state index in [0.717, 1.165) is 31.6 Å². The summed E-state index contributed by atoms with van der Waals surface area (Å²) in [6, 6.07) is 0. The first-order chi connectivity index (χ1) is 10.2. The number of rotatable bonds is 4. The Morgan fingerprint density at radius 2 is 2.48 bits per heavy atom. The van der Waals surface area contributed by atoms with Crippen LogP contribution in [0.4, 0.5) is 0 Å². The molecular weight excluding hydrogens is 288 g/mol. The zero-order valence-electron chi connectivity index (χ0n) is 11.9. The van der Waals surface area contributed by atoms with Crippen molar-refractivity contribution in [3.05, 3.63) is 23.7 Å². The Balaban J connectivity index is 1.72. The molecule has 7 heteroatoms. The van der Waals surface area contributed by atoms with Crippen molar-refractivity contribution in [1.82, 2.24) is 20.0 Å². The fraction of sp³-hybridized carbons (Fsp3) is 0.500. The van der Waals surface area contributed by atoms with Gasteiger partial charge in [-0.15, -0.1) is 0 Å². The van der Waals surface area contributed by atoms with Crippen molar-refractivity contribution in [1.29, 1.82) is 0 Å². The molecule has 1 aromatic heterocycles. The number of aromatic nitrogens is 2. The highest BCUT2D eigenvalue weighted by molar-refractivity contribution is 7.80. The minimum absolute atomic E-state index is 0.0934. The van der Waals surface area contributed by atoms with Crippen LogP contribution >= 0.6 is 12.2 Å². The van der Waals surface area contributed by atoms with E-state index >= 15 is 0 Å². The molecule has 0 bridgehead atoms. The van der Waals surface area contributed by atoms with E-state index in [2.05, 4.69) is 10.4 Å². The van der Waals surface area contributed by atoms with Crippen molar-refractivity contribution in [2.24, 2.45) is 0 Å². The average Bonchev–Trinajstić information content (AvgIpc) is 3.18. The topological polar surface area (TPSA) is 59.4 Å². The van der Waals surface area contributed by atoms with Gasteiger partial charge in [-0.2, -0.15) is 5.10 Å². The van der Waals surface area contributed by atoms with E-state index in [4.69, 9.17) is 17.0 Å². The quantitative estimate of drug-likeness (QED) is 0.668. The summed E-state index contributed by atoms with van der Waals surface area (Å²) in [6.45, 7) is 4.11. The summed E-state index contributed by atoms with van der Waals surface area (Å²) in [5.41, 5.74) is 1.38. The molecule has 2 aliphatic heterocycles. The highest BCUT2D eigenvalue weighted by atomic mass is 32.1. The second kappa shape index (κ2) is 5.95. The predicted molar refractivity (Wildman–Crippen MR) is 82.3 cm³/mol. The van der Waals surface area contributed by atoms with Crippen molar-refractivity contribution in [3.8, 4) is 0 Å². The largest absolute Gasteiger partial charge is 0.376 e. The summed E-state index contributed by atoms with van der Waals surface area (Å²) >= 11 is 5.25. The Morgan fingerprint density at radius 1 is 1.62 bits per heavy atom. The molecule has 2 aliphatic rings. The number of thiocarbonyl (C=S) groups is 1. The molecule has 1 unspecified atom stereocenters. The second-order valence-corrected chi connectivity index (χ2v) is 5.56. The SMILES string of the molecule is CCn1cc(/C=C2/NC(=S)N(CC3CCCO3)C2=O)cn1. The number of hydrogen-bond acceptors (Lipinski definition) is 4. The summed E-state index contributed by atoms with van der Waals surface area (Å²) in [5.74, 6) is -0.0975.